The molecule has 0 unspecified atom stereocenters. The van der Waals surface area contributed by atoms with Gasteiger partial charge in [-0.2, -0.15) is 0 Å². The number of hydrogen-bond donors (Lipinski definition) is 4. The van der Waals surface area contributed by atoms with E-state index >= 15 is 0 Å². The van der Waals surface area contributed by atoms with Crippen LogP contribution in [0.5, 0.6) is 0 Å². The van der Waals surface area contributed by atoms with Crippen molar-refractivity contribution in [1.82, 2.24) is 16.0 Å². The zero-order valence-corrected chi connectivity index (χ0v) is 14.0. The maximum atomic E-state index is 12.3. The molecule has 0 fully saturated rings. The van der Waals surface area contributed by atoms with Crippen LogP contribution in [0.25, 0.3) is 0 Å². The maximum absolute atomic E-state index is 12.3. The SMILES string of the molecule is CC(=O)NCC(=O)N[C@@H](CCCCN)C(=O)N[C@H]([C]=O)C(C)C. The molecule has 0 aromatic rings. The number of carbonyl (C=O) groups excluding carboxylic acids is 4. The van der Waals surface area contributed by atoms with E-state index in [-0.39, 0.29) is 18.4 Å². The summed E-state index contributed by atoms with van der Waals surface area (Å²) in [5.41, 5.74) is 5.43. The minimum absolute atomic E-state index is 0.101. The van der Waals surface area contributed by atoms with Gasteiger partial charge in [-0.05, 0) is 31.7 Å². The molecule has 8 nitrogen and oxygen atoms in total. The van der Waals surface area contributed by atoms with Crippen molar-refractivity contribution in [3.8, 4) is 0 Å². The van der Waals surface area contributed by atoms with Crippen LogP contribution in [0.4, 0.5) is 0 Å². The van der Waals surface area contributed by atoms with Crippen molar-refractivity contribution < 1.29 is 19.2 Å². The summed E-state index contributed by atoms with van der Waals surface area (Å²) in [6, 6.07) is -1.51. The fourth-order valence-electron chi connectivity index (χ4n) is 1.80. The standard InChI is InChI=1S/C15H27N4O4/c1-10(2)13(9-20)19-15(23)12(6-4-5-7-16)18-14(22)8-17-11(3)21/h10,12-13H,4-8,16H2,1-3H3,(H,17,21)(H,18,22)(H,19,23)/t12-,13+/m0/s1. The van der Waals surface area contributed by atoms with Gasteiger partial charge in [0.1, 0.15) is 6.04 Å². The van der Waals surface area contributed by atoms with Crippen LogP contribution in [-0.4, -0.2) is 49.2 Å². The average molecular weight is 327 g/mol. The van der Waals surface area contributed by atoms with Crippen LogP contribution in [0.15, 0.2) is 0 Å². The molecule has 0 rings (SSSR count). The van der Waals surface area contributed by atoms with Crippen molar-refractivity contribution in [2.24, 2.45) is 11.7 Å². The molecule has 0 heterocycles. The van der Waals surface area contributed by atoms with Gasteiger partial charge in [0.25, 0.3) is 0 Å². The largest absolute Gasteiger partial charge is 0.347 e. The van der Waals surface area contributed by atoms with Gasteiger partial charge in [0, 0.05) is 6.92 Å². The molecule has 0 aromatic carbocycles. The number of nitrogens with one attached hydrogen (secondary N) is 3. The molecule has 23 heavy (non-hydrogen) atoms. The second-order valence-corrected chi connectivity index (χ2v) is 5.66. The summed E-state index contributed by atoms with van der Waals surface area (Å²) in [4.78, 5) is 45.7. The fourth-order valence-corrected chi connectivity index (χ4v) is 1.80. The Morgan fingerprint density at radius 1 is 1.13 bits per heavy atom. The lowest BCUT2D eigenvalue weighted by Crippen LogP contribution is -2.52. The second kappa shape index (κ2) is 11.6. The van der Waals surface area contributed by atoms with Crippen LogP contribution in [0.1, 0.15) is 40.0 Å². The molecule has 1 radical (unpaired) electrons. The molecule has 5 N–H and O–H groups in total. The third-order valence-corrected chi connectivity index (χ3v) is 3.19. The summed E-state index contributed by atoms with van der Waals surface area (Å²) in [5, 5.41) is 7.49. The Kier molecular flexibility index (Phi) is 10.6. The Balaban J connectivity index is 4.70. The first-order valence-electron chi connectivity index (χ1n) is 7.73. The first-order valence-corrected chi connectivity index (χ1v) is 7.73. The molecule has 2 atom stereocenters. The molecule has 8 heteroatoms. The zero-order chi connectivity index (χ0) is 17.8. The molecule has 0 aromatic heterocycles. The topological polar surface area (TPSA) is 130 Å². The van der Waals surface area contributed by atoms with Gasteiger partial charge in [-0.15, -0.1) is 0 Å². The van der Waals surface area contributed by atoms with Crippen molar-refractivity contribution in [1.29, 1.82) is 0 Å². The highest BCUT2D eigenvalue weighted by Crippen LogP contribution is 2.04. The summed E-state index contributed by atoms with van der Waals surface area (Å²) in [5.74, 6) is -1.35. The van der Waals surface area contributed by atoms with Crippen molar-refractivity contribution in [3.05, 3.63) is 0 Å². The number of hydrogen-bond acceptors (Lipinski definition) is 5. The van der Waals surface area contributed by atoms with Gasteiger partial charge in [-0.25, -0.2) is 0 Å². The van der Waals surface area contributed by atoms with Gasteiger partial charge >= 0.3 is 0 Å². The molecular weight excluding hydrogens is 300 g/mol. The lowest BCUT2D eigenvalue weighted by molar-refractivity contribution is -0.130. The van der Waals surface area contributed by atoms with E-state index in [1.807, 2.05) is 0 Å². The van der Waals surface area contributed by atoms with Crippen molar-refractivity contribution >= 4 is 24.0 Å². The van der Waals surface area contributed by atoms with Crippen molar-refractivity contribution in [2.75, 3.05) is 13.1 Å². The Labute approximate surface area is 136 Å². The summed E-state index contributed by atoms with van der Waals surface area (Å²) in [6.07, 6.45) is 3.56. The summed E-state index contributed by atoms with van der Waals surface area (Å²) < 4.78 is 0. The Bertz CT molecular complexity index is 412. The van der Waals surface area contributed by atoms with Crippen LogP contribution in [-0.2, 0) is 19.2 Å². The van der Waals surface area contributed by atoms with Gasteiger partial charge < -0.3 is 21.7 Å². The predicted molar refractivity (Wildman–Crippen MR) is 86.0 cm³/mol. The van der Waals surface area contributed by atoms with E-state index in [2.05, 4.69) is 16.0 Å². The zero-order valence-electron chi connectivity index (χ0n) is 14.0. The van der Waals surface area contributed by atoms with Crippen LogP contribution in [0, 0.1) is 5.92 Å². The lowest BCUT2D eigenvalue weighted by atomic mass is 10.0. The number of nitrogens with two attached hydrogens (primary N) is 1. The Morgan fingerprint density at radius 2 is 1.78 bits per heavy atom. The molecule has 0 saturated heterocycles. The quantitative estimate of drug-likeness (QED) is 0.361. The van der Waals surface area contributed by atoms with E-state index in [9.17, 15) is 19.2 Å². The van der Waals surface area contributed by atoms with E-state index in [4.69, 9.17) is 5.73 Å². The highest BCUT2D eigenvalue weighted by molar-refractivity contribution is 5.90. The molecule has 0 aliphatic carbocycles. The molecule has 0 aliphatic rings. The van der Waals surface area contributed by atoms with Crippen LogP contribution < -0.4 is 21.7 Å². The average Bonchev–Trinajstić information content (AvgIpc) is 2.49. The maximum Gasteiger partial charge on any atom is 0.243 e. The van der Waals surface area contributed by atoms with Gasteiger partial charge in [-0.3, -0.25) is 19.2 Å². The molecule has 0 saturated carbocycles. The number of rotatable bonds is 11. The molecule has 3 amide bonds. The van der Waals surface area contributed by atoms with Gasteiger partial charge in [0.05, 0.1) is 12.6 Å². The van der Waals surface area contributed by atoms with Crippen LogP contribution in [0.2, 0.25) is 0 Å². The second-order valence-electron chi connectivity index (χ2n) is 5.66. The predicted octanol–water partition coefficient (Wildman–Crippen LogP) is -1.01. The molecule has 0 aliphatic heterocycles. The van der Waals surface area contributed by atoms with Crippen molar-refractivity contribution in [2.45, 2.75) is 52.1 Å². The number of carbonyl (C=O) groups is 3. The van der Waals surface area contributed by atoms with Crippen LogP contribution >= 0.6 is 0 Å². The number of unbranched alkanes of at least 4 members (excludes halogenated alkanes) is 1. The minimum Gasteiger partial charge on any atom is -0.347 e. The smallest absolute Gasteiger partial charge is 0.243 e. The van der Waals surface area contributed by atoms with Gasteiger partial charge in [0.15, 0.2) is 0 Å². The third-order valence-electron chi connectivity index (χ3n) is 3.19. The molecule has 0 bridgehead atoms. The van der Waals surface area contributed by atoms with E-state index in [0.29, 0.717) is 19.4 Å². The molecular formula is C15H27N4O4. The van der Waals surface area contributed by atoms with E-state index in [0.717, 1.165) is 6.42 Å². The fraction of sp³-hybridized carbons (Fsp3) is 0.733. The summed E-state index contributed by atoms with van der Waals surface area (Å²) in [7, 11) is 0. The lowest BCUT2D eigenvalue weighted by Gasteiger charge is -2.22. The number of amides is 3. The summed E-state index contributed by atoms with van der Waals surface area (Å²) >= 11 is 0. The first kappa shape index (κ1) is 21.0. The third kappa shape index (κ3) is 9.62. The summed E-state index contributed by atoms with van der Waals surface area (Å²) in [6.45, 7) is 5.16. The normalized spacial score (nSPS) is 13.1. The van der Waals surface area contributed by atoms with E-state index < -0.39 is 23.9 Å². The van der Waals surface area contributed by atoms with E-state index in [1.165, 1.54) is 6.92 Å². The highest BCUT2D eigenvalue weighted by Gasteiger charge is 2.24. The Hall–Kier alpha value is -1.96. The minimum atomic E-state index is -0.780. The van der Waals surface area contributed by atoms with Crippen LogP contribution in [0.3, 0.4) is 0 Å². The Morgan fingerprint density at radius 3 is 2.26 bits per heavy atom. The monoisotopic (exact) mass is 327 g/mol. The highest BCUT2D eigenvalue weighted by atomic mass is 16.2. The molecule has 131 valence electrons. The van der Waals surface area contributed by atoms with Gasteiger partial charge in [-0.1, -0.05) is 13.8 Å². The van der Waals surface area contributed by atoms with E-state index in [1.54, 1.807) is 20.1 Å². The first-order chi connectivity index (χ1) is 10.8. The van der Waals surface area contributed by atoms with Gasteiger partial charge in [0.2, 0.25) is 24.0 Å². The molecule has 0 spiro atoms. The van der Waals surface area contributed by atoms with Crippen molar-refractivity contribution in [3.63, 3.8) is 0 Å².